The Morgan fingerprint density at radius 1 is 1.33 bits per heavy atom. The molecule has 0 aliphatic heterocycles. The van der Waals surface area contributed by atoms with E-state index in [0.29, 0.717) is 0 Å². The second kappa shape index (κ2) is 8.90. The van der Waals surface area contributed by atoms with Gasteiger partial charge in [0.25, 0.3) is 0 Å². The van der Waals surface area contributed by atoms with E-state index in [0.717, 1.165) is 0 Å². The van der Waals surface area contributed by atoms with E-state index in [1.54, 1.807) is 0 Å². The first-order valence-electron chi connectivity index (χ1n) is 0.548. The smallest absolute Gasteiger partial charge is 0.0689 e. The van der Waals surface area contributed by atoms with Crippen molar-refractivity contribution < 1.29 is 36.8 Å². The van der Waals surface area contributed by atoms with Gasteiger partial charge < -0.3 is 20.8 Å². The Morgan fingerprint density at radius 2 is 1.33 bits per heavy atom. The summed E-state index contributed by atoms with van der Waals surface area (Å²) in [6, 6.07) is 0. The quantitative estimate of drug-likeness (QED) is 0.343. The Morgan fingerprint density at radius 3 is 1.33 bits per heavy atom. The summed E-state index contributed by atoms with van der Waals surface area (Å²) in [7, 11) is 0. The van der Waals surface area contributed by atoms with Crippen molar-refractivity contribution in [2.24, 2.45) is 0 Å². The molecule has 0 atom stereocenters. The minimum atomic E-state index is -1.75. The van der Waals surface area contributed by atoms with E-state index < -0.39 is 5.09 Å². The van der Waals surface area contributed by atoms with Gasteiger partial charge in [0.15, 0.2) is 0 Å². The first kappa shape index (κ1) is 16.6. The third kappa shape index (κ3) is 20100. The molecule has 0 unspecified atom stereocenters. The number of hydrogen-bond acceptors (Lipinski definition) is 3. The molecule has 0 aromatic heterocycles. The van der Waals surface area contributed by atoms with Crippen molar-refractivity contribution in [2.45, 2.75) is 0 Å². The van der Waals surface area contributed by atoms with Gasteiger partial charge in [-0.05, 0) is 0 Å². The molecule has 0 fully saturated rings. The number of rotatable bonds is 0. The molecule has 0 aromatic carbocycles. The van der Waals surface area contributed by atoms with E-state index >= 15 is 0 Å². The van der Waals surface area contributed by atoms with Crippen molar-refractivity contribution in [3.05, 3.63) is 15.3 Å². The van der Waals surface area contributed by atoms with E-state index in [4.69, 9.17) is 15.3 Å². The summed E-state index contributed by atoms with van der Waals surface area (Å²) in [5.41, 5.74) is 0. The molecule has 0 radical (unpaired) electrons. The molecular formula is H2NO4Zr-. The van der Waals surface area contributed by atoms with Gasteiger partial charge in [0.05, 0.1) is 5.09 Å². The molecular weight excluding hydrogens is 169 g/mol. The maximum atomic E-state index is 8.25. The maximum Gasteiger partial charge on any atom is 0.0689 e. The fourth-order valence-corrected chi connectivity index (χ4v) is 0. The minimum Gasteiger partial charge on any atom is -0.412 e. The average Bonchev–Trinajstić information content (AvgIpc) is 0.811. The summed E-state index contributed by atoms with van der Waals surface area (Å²) in [6.07, 6.45) is 0. The molecule has 6 heteroatoms. The van der Waals surface area contributed by atoms with Crippen LogP contribution in [0.1, 0.15) is 0 Å². The van der Waals surface area contributed by atoms with E-state index in [9.17, 15) is 0 Å². The van der Waals surface area contributed by atoms with Gasteiger partial charge in [-0.15, -0.1) is 0 Å². The Balaban J connectivity index is -0.0000000450. The van der Waals surface area contributed by atoms with Crippen molar-refractivity contribution in [3.63, 3.8) is 0 Å². The predicted octanol–water partition coefficient (Wildman–Crippen LogP) is -1.07. The fraction of sp³-hybridized carbons (Fsp3) is 0. The van der Waals surface area contributed by atoms with Crippen LogP contribution in [0.2, 0.25) is 0 Å². The monoisotopic (exact) mass is 170 g/mol. The van der Waals surface area contributed by atoms with Gasteiger partial charge in [-0.1, -0.05) is 0 Å². The summed E-state index contributed by atoms with van der Waals surface area (Å²) in [6.45, 7) is 0. The Hall–Kier alpha value is 0.0431. The van der Waals surface area contributed by atoms with Crippen LogP contribution in [0.3, 0.4) is 0 Å². The van der Waals surface area contributed by atoms with E-state index in [-0.39, 0.29) is 31.7 Å². The van der Waals surface area contributed by atoms with Crippen molar-refractivity contribution >= 4 is 0 Å². The third-order valence-electron chi connectivity index (χ3n) is 0. The van der Waals surface area contributed by atoms with E-state index in [1.165, 1.54) is 0 Å². The molecule has 2 N–H and O–H groups in total. The summed E-state index contributed by atoms with van der Waals surface area (Å²) in [5, 5.41) is 14.8. The molecule has 0 amide bonds. The van der Waals surface area contributed by atoms with Crippen molar-refractivity contribution in [3.8, 4) is 0 Å². The molecule has 5 nitrogen and oxygen atoms in total. The summed E-state index contributed by atoms with van der Waals surface area (Å²) < 4.78 is 0. The van der Waals surface area contributed by atoms with Gasteiger partial charge in [0.2, 0.25) is 0 Å². The first-order valence-corrected chi connectivity index (χ1v) is 0.548. The molecule has 0 rings (SSSR count). The van der Waals surface area contributed by atoms with Crippen LogP contribution in [-0.4, -0.2) is 10.6 Å². The predicted molar refractivity (Wildman–Crippen MR) is 14.0 cm³/mol. The standard InChI is InChI=1S/NO3.H2O.Zr/c2-1(3)4;;/h;1H2;/q-1;;. The average molecular weight is 171 g/mol. The van der Waals surface area contributed by atoms with E-state index in [2.05, 4.69) is 0 Å². The molecule has 0 saturated carbocycles. The second-order valence-electron chi connectivity index (χ2n) is 0.224. The molecule has 0 spiro atoms. The SMILES string of the molecule is O.O=[N+]([O-])[O-].[Zr]. The molecule has 0 aliphatic carbocycles. The van der Waals surface area contributed by atoms with Crippen LogP contribution in [0.15, 0.2) is 0 Å². The van der Waals surface area contributed by atoms with Gasteiger partial charge in [-0.3, -0.25) is 0 Å². The molecule has 0 saturated heterocycles. The zero-order chi connectivity index (χ0) is 3.58. The van der Waals surface area contributed by atoms with Gasteiger partial charge in [-0.2, -0.15) is 0 Å². The number of hydrogen-bond donors (Lipinski definition) is 0. The normalized spacial score (nSPS) is 4.00. The zero-order valence-electron chi connectivity index (χ0n) is 2.67. The van der Waals surface area contributed by atoms with Crippen LogP contribution in [-0.2, 0) is 26.2 Å². The fourth-order valence-electron chi connectivity index (χ4n) is 0. The largest absolute Gasteiger partial charge is 0.412 e. The molecule has 36 valence electrons. The summed E-state index contributed by atoms with van der Waals surface area (Å²) in [4.78, 5) is 8.25. The molecule has 0 aliphatic rings. The Kier molecular flexibility index (Phi) is 24.6. The number of nitrogens with zero attached hydrogens (tertiary/aromatic N) is 1. The van der Waals surface area contributed by atoms with Gasteiger partial charge in [0.1, 0.15) is 0 Å². The van der Waals surface area contributed by atoms with Crippen molar-refractivity contribution in [1.82, 2.24) is 0 Å². The topological polar surface area (TPSA) is 97.7 Å². The summed E-state index contributed by atoms with van der Waals surface area (Å²) in [5.74, 6) is 0. The summed E-state index contributed by atoms with van der Waals surface area (Å²) >= 11 is 0. The van der Waals surface area contributed by atoms with Crippen LogP contribution in [0.4, 0.5) is 0 Å². The van der Waals surface area contributed by atoms with Crippen molar-refractivity contribution in [2.75, 3.05) is 0 Å². The van der Waals surface area contributed by atoms with E-state index in [1.807, 2.05) is 0 Å². The van der Waals surface area contributed by atoms with Gasteiger partial charge in [0, 0.05) is 26.2 Å². The van der Waals surface area contributed by atoms with Crippen LogP contribution in [0, 0.1) is 15.3 Å². The Bertz CT molecular complexity index is 30.5. The first-order chi connectivity index (χ1) is 1.73. The third-order valence-corrected chi connectivity index (χ3v) is 0. The van der Waals surface area contributed by atoms with Gasteiger partial charge >= 0.3 is 0 Å². The molecule has 0 bridgehead atoms. The molecule has 0 heterocycles. The molecule has 0 aromatic rings. The zero-order valence-corrected chi connectivity index (χ0v) is 5.13. The van der Waals surface area contributed by atoms with Crippen LogP contribution in [0.5, 0.6) is 0 Å². The van der Waals surface area contributed by atoms with Crippen LogP contribution < -0.4 is 0 Å². The Labute approximate surface area is 52.5 Å². The molecule has 6 heavy (non-hydrogen) atoms. The van der Waals surface area contributed by atoms with Gasteiger partial charge in [-0.25, -0.2) is 0 Å². The second-order valence-corrected chi connectivity index (χ2v) is 0.224. The van der Waals surface area contributed by atoms with Crippen molar-refractivity contribution in [1.29, 1.82) is 0 Å². The maximum absolute atomic E-state index is 8.25. The van der Waals surface area contributed by atoms with Crippen LogP contribution >= 0.6 is 0 Å². The minimum absolute atomic E-state index is 0. The van der Waals surface area contributed by atoms with Crippen LogP contribution in [0.25, 0.3) is 0 Å².